The lowest BCUT2D eigenvalue weighted by Gasteiger charge is -2.37. The van der Waals surface area contributed by atoms with Gasteiger partial charge in [-0.1, -0.05) is 43.7 Å². The van der Waals surface area contributed by atoms with Crippen molar-refractivity contribution in [1.29, 1.82) is 0 Å². The Balaban J connectivity index is 1.51. The minimum atomic E-state index is -0.561. The first-order chi connectivity index (χ1) is 14.3. The van der Waals surface area contributed by atoms with Gasteiger partial charge in [0.25, 0.3) is 0 Å². The second kappa shape index (κ2) is 9.96. The molecular formula is C23H34N4O3. The number of carbonyl (C=O) groups excluding carboxylic acids is 3. The summed E-state index contributed by atoms with van der Waals surface area (Å²) < 4.78 is 0. The summed E-state index contributed by atoms with van der Waals surface area (Å²) in [6.07, 6.45) is 2.57. The molecule has 1 saturated heterocycles. The van der Waals surface area contributed by atoms with Crippen molar-refractivity contribution in [2.24, 2.45) is 11.8 Å². The number of carbonyl (C=O) groups is 3. The van der Waals surface area contributed by atoms with E-state index in [2.05, 4.69) is 10.6 Å². The van der Waals surface area contributed by atoms with Crippen LogP contribution in [0.3, 0.4) is 0 Å². The summed E-state index contributed by atoms with van der Waals surface area (Å²) in [5.74, 6) is 0.649. The molecule has 0 radical (unpaired) electrons. The second-order valence-electron chi connectivity index (χ2n) is 8.92. The zero-order chi connectivity index (χ0) is 21.7. The van der Waals surface area contributed by atoms with E-state index in [1.807, 2.05) is 49.9 Å². The summed E-state index contributed by atoms with van der Waals surface area (Å²) >= 11 is 0. The molecule has 1 aliphatic carbocycles. The molecule has 2 N–H and O–H groups in total. The highest BCUT2D eigenvalue weighted by Crippen LogP contribution is 2.31. The Kier molecular flexibility index (Phi) is 7.34. The van der Waals surface area contributed by atoms with Crippen LogP contribution in [0.1, 0.15) is 44.2 Å². The molecule has 4 amide bonds. The van der Waals surface area contributed by atoms with Crippen LogP contribution in [0.15, 0.2) is 24.3 Å². The van der Waals surface area contributed by atoms with E-state index in [0.717, 1.165) is 18.4 Å². The maximum atomic E-state index is 13.1. The van der Waals surface area contributed by atoms with Gasteiger partial charge in [0.1, 0.15) is 6.04 Å². The average molecular weight is 415 g/mol. The van der Waals surface area contributed by atoms with E-state index >= 15 is 0 Å². The van der Waals surface area contributed by atoms with Crippen LogP contribution in [0.5, 0.6) is 0 Å². The standard InChI is InChI=1S/C23H34N4O3/c1-16(2)14-20(25-23(30)24-15-18-6-4-17(3)5-7-18)22(29)27-12-10-26(11-13-27)21(28)19-8-9-19/h4-7,16,19-20H,8-15H2,1-3H3,(H2,24,25,30)/t20-/m1/s1. The first kappa shape index (κ1) is 22.1. The molecule has 1 atom stereocenters. The number of benzene rings is 1. The lowest BCUT2D eigenvalue weighted by atomic mass is 10.0. The number of hydrogen-bond donors (Lipinski definition) is 2. The number of nitrogens with one attached hydrogen (secondary N) is 2. The zero-order valence-electron chi connectivity index (χ0n) is 18.3. The van der Waals surface area contributed by atoms with Gasteiger partial charge in [-0.25, -0.2) is 4.79 Å². The van der Waals surface area contributed by atoms with Gasteiger partial charge in [0.05, 0.1) is 0 Å². The lowest BCUT2D eigenvalue weighted by Crippen LogP contribution is -2.57. The van der Waals surface area contributed by atoms with Crippen LogP contribution in [0, 0.1) is 18.8 Å². The van der Waals surface area contributed by atoms with Gasteiger partial charge >= 0.3 is 6.03 Å². The summed E-state index contributed by atoms with van der Waals surface area (Å²) in [6.45, 7) is 8.72. The van der Waals surface area contributed by atoms with Crippen molar-refractivity contribution in [3.8, 4) is 0 Å². The summed E-state index contributed by atoms with van der Waals surface area (Å²) in [5, 5.41) is 5.72. The van der Waals surface area contributed by atoms with Crippen molar-refractivity contribution in [1.82, 2.24) is 20.4 Å². The van der Waals surface area contributed by atoms with E-state index in [1.165, 1.54) is 5.56 Å². The lowest BCUT2D eigenvalue weighted by molar-refractivity contribution is -0.141. The number of amides is 4. The normalized spacial score (nSPS) is 17.6. The van der Waals surface area contributed by atoms with E-state index in [9.17, 15) is 14.4 Å². The summed E-state index contributed by atoms with van der Waals surface area (Å²) in [6, 6.07) is 7.08. The Bertz CT molecular complexity index is 750. The Morgan fingerprint density at radius 1 is 1.00 bits per heavy atom. The van der Waals surface area contributed by atoms with Crippen molar-refractivity contribution in [2.45, 2.75) is 52.6 Å². The molecule has 164 valence electrons. The number of nitrogens with zero attached hydrogens (tertiary/aromatic N) is 2. The molecule has 1 aromatic rings. The predicted octanol–water partition coefficient (Wildman–Crippen LogP) is 2.29. The van der Waals surface area contributed by atoms with Gasteiger partial charge in [-0.15, -0.1) is 0 Å². The Labute approximate surface area is 179 Å². The van der Waals surface area contributed by atoms with Gasteiger partial charge in [0.15, 0.2) is 0 Å². The molecule has 0 bridgehead atoms. The predicted molar refractivity (Wildman–Crippen MR) is 116 cm³/mol. The molecule has 7 heteroatoms. The molecule has 1 heterocycles. The van der Waals surface area contributed by atoms with Crippen LogP contribution in [-0.4, -0.2) is 59.9 Å². The van der Waals surface area contributed by atoms with Gasteiger partial charge in [-0.2, -0.15) is 0 Å². The van der Waals surface area contributed by atoms with E-state index in [1.54, 1.807) is 4.90 Å². The maximum Gasteiger partial charge on any atom is 0.315 e. The van der Waals surface area contributed by atoms with E-state index in [0.29, 0.717) is 39.1 Å². The van der Waals surface area contributed by atoms with Gasteiger partial charge in [0, 0.05) is 38.6 Å². The second-order valence-corrected chi connectivity index (χ2v) is 8.92. The van der Waals surface area contributed by atoms with Crippen molar-refractivity contribution in [3.63, 3.8) is 0 Å². The minimum Gasteiger partial charge on any atom is -0.339 e. The van der Waals surface area contributed by atoms with Crippen molar-refractivity contribution in [2.75, 3.05) is 26.2 Å². The Morgan fingerprint density at radius 3 is 2.17 bits per heavy atom. The molecule has 0 spiro atoms. The van der Waals surface area contributed by atoms with Gasteiger partial charge in [-0.05, 0) is 37.7 Å². The highest BCUT2D eigenvalue weighted by molar-refractivity contribution is 5.87. The first-order valence-corrected chi connectivity index (χ1v) is 11.0. The van der Waals surface area contributed by atoms with Crippen LogP contribution in [0.2, 0.25) is 0 Å². The summed E-state index contributed by atoms with van der Waals surface area (Å²) in [5.41, 5.74) is 2.18. The van der Waals surface area contributed by atoms with Gasteiger partial charge in [-0.3, -0.25) is 9.59 Å². The molecule has 30 heavy (non-hydrogen) atoms. The molecular weight excluding hydrogens is 380 g/mol. The molecule has 0 unspecified atom stereocenters. The summed E-state index contributed by atoms with van der Waals surface area (Å²) in [7, 11) is 0. The topological polar surface area (TPSA) is 81.8 Å². The SMILES string of the molecule is Cc1ccc(CNC(=O)N[C@H](CC(C)C)C(=O)N2CCN(C(=O)C3CC3)CC2)cc1. The largest absolute Gasteiger partial charge is 0.339 e. The molecule has 7 nitrogen and oxygen atoms in total. The molecule has 0 aromatic heterocycles. The van der Waals surface area contributed by atoms with Crippen LogP contribution in [0.4, 0.5) is 4.79 Å². The Hall–Kier alpha value is -2.57. The maximum absolute atomic E-state index is 13.1. The third-order valence-corrected chi connectivity index (χ3v) is 5.71. The fourth-order valence-corrected chi connectivity index (χ4v) is 3.75. The first-order valence-electron chi connectivity index (χ1n) is 11.0. The molecule has 1 aliphatic heterocycles. The third-order valence-electron chi connectivity index (χ3n) is 5.71. The number of urea groups is 1. The van der Waals surface area contributed by atoms with Gasteiger partial charge in [0.2, 0.25) is 11.8 Å². The van der Waals surface area contributed by atoms with Crippen molar-refractivity contribution in [3.05, 3.63) is 35.4 Å². The number of hydrogen-bond acceptors (Lipinski definition) is 3. The molecule has 1 saturated carbocycles. The van der Waals surface area contributed by atoms with Crippen LogP contribution < -0.4 is 10.6 Å². The monoisotopic (exact) mass is 414 g/mol. The van der Waals surface area contributed by atoms with Crippen LogP contribution >= 0.6 is 0 Å². The molecule has 2 aliphatic rings. The van der Waals surface area contributed by atoms with Gasteiger partial charge < -0.3 is 20.4 Å². The third kappa shape index (κ3) is 6.21. The van der Waals surface area contributed by atoms with Crippen LogP contribution in [-0.2, 0) is 16.1 Å². The quantitative estimate of drug-likeness (QED) is 0.718. The highest BCUT2D eigenvalue weighted by Gasteiger charge is 2.36. The fourth-order valence-electron chi connectivity index (χ4n) is 3.75. The number of rotatable bonds is 7. The highest BCUT2D eigenvalue weighted by atomic mass is 16.2. The number of aryl methyl sites for hydroxylation is 1. The molecule has 2 fully saturated rings. The van der Waals surface area contributed by atoms with Crippen molar-refractivity contribution >= 4 is 17.8 Å². The van der Waals surface area contributed by atoms with E-state index in [-0.39, 0.29) is 29.7 Å². The average Bonchev–Trinajstić information content (AvgIpc) is 3.57. The Morgan fingerprint density at radius 2 is 1.60 bits per heavy atom. The molecule has 1 aromatic carbocycles. The zero-order valence-corrected chi connectivity index (χ0v) is 18.3. The van der Waals surface area contributed by atoms with Crippen LogP contribution in [0.25, 0.3) is 0 Å². The fraction of sp³-hybridized carbons (Fsp3) is 0.609. The summed E-state index contributed by atoms with van der Waals surface area (Å²) in [4.78, 5) is 41.4. The minimum absolute atomic E-state index is 0.0623. The smallest absolute Gasteiger partial charge is 0.315 e. The van der Waals surface area contributed by atoms with E-state index < -0.39 is 6.04 Å². The van der Waals surface area contributed by atoms with E-state index in [4.69, 9.17) is 0 Å². The molecule has 3 rings (SSSR count). The van der Waals surface area contributed by atoms with Crippen molar-refractivity contribution < 1.29 is 14.4 Å². The number of piperazine rings is 1.